The van der Waals surface area contributed by atoms with Crippen LogP contribution in [0.3, 0.4) is 0 Å². The van der Waals surface area contributed by atoms with E-state index in [4.69, 9.17) is 16.3 Å². The maximum absolute atomic E-state index is 6.05. The molecule has 1 saturated heterocycles. The van der Waals surface area contributed by atoms with Crippen molar-refractivity contribution in [1.82, 2.24) is 25.2 Å². The molecule has 1 aromatic carbocycles. The Labute approximate surface area is 181 Å². The molecular weight excluding hydrogens is 400 g/mol. The molecule has 2 aromatic heterocycles. The van der Waals surface area contributed by atoms with Crippen LogP contribution in [0, 0.1) is 0 Å². The first-order valence-electron chi connectivity index (χ1n) is 10.1. The number of rotatable bonds is 8. The number of ether oxygens (including phenoxy) is 1. The number of benzene rings is 1. The van der Waals surface area contributed by atoms with Crippen LogP contribution in [0.25, 0.3) is 11.3 Å². The molecule has 0 radical (unpaired) electrons. The Balaban J connectivity index is 1.36. The van der Waals surface area contributed by atoms with Crippen molar-refractivity contribution < 1.29 is 4.74 Å². The van der Waals surface area contributed by atoms with Gasteiger partial charge in [-0.2, -0.15) is 0 Å². The van der Waals surface area contributed by atoms with E-state index in [1.54, 1.807) is 24.8 Å². The van der Waals surface area contributed by atoms with E-state index >= 15 is 0 Å². The van der Waals surface area contributed by atoms with E-state index in [2.05, 4.69) is 30.5 Å². The summed E-state index contributed by atoms with van der Waals surface area (Å²) in [6, 6.07) is 9.43. The number of anilines is 2. The quantitative estimate of drug-likeness (QED) is 0.535. The number of nitrogens with zero attached hydrogens (tertiary/aromatic N) is 4. The minimum absolute atomic E-state index is 0.636. The van der Waals surface area contributed by atoms with Crippen LogP contribution in [-0.2, 0) is 0 Å². The second-order valence-electron chi connectivity index (χ2n) is 7.13. The van der Waals surface area contributed by atoms with Crippen LogP contribution < -0.4 is 15.4 Å². The van der Waals surface area contributed by atoms with E-state index in [-0.39, 0.29) is 0 Å². The van der Waals surface area contributed by atoms with Gasteiger partial charge in [-0.1, -0.05) is 17.7 Å². The van der Waals surface area contributed by atoms with Gasteiger partial charge in [-0.15, -0.1) is 0 Å². The van der Waals surface area contributed by atoms with Crippen LogP contribution in [0.1, 0.15) is 6.42 Å². The molecule has 156 valence electrons. The summed E-state index contributed by atoms with van der Waals surface area (Å²) < 4.78 is 5.92. The zero-order valence-corrected chi connectivity index (χ0v) is 17.5. The van der Waals surface area contributed by atoms with Gasteiger partial charge in [0.25, 0.3) is 0 Å². The lowest BCUT2D eigenvalue weighted by atomic mass is 10.2. The van der Waals surface area contributed by atoms with Crippen LogP contribution in [0.5, 0.6) is 5.75 Å². The number of hydrogen-bond acceptors (Lipinski definition) is 7. The second-order valence-corrected chi connectivity index (χ2v) is 7.56. The molecule has 7 nitrogen and oxygen atoms in total. The Morgan fingerprint density at radius 3 is 2.80 bits per heavy atom. The van der Waals surface area contributed by atoms with Crippen LogP contribution in [-0.4, -0.2) is 59.2 Å². The van der Waals surface area contributed by atoms with Crippen LogP contribution in [0.15, 0.2) is 55.1 Å². The third-order valence-electron chi connectivity index (χ3n) is 4.84. The molecule has 3 aromatic rings. The van der Waals surface area contributed by atoms with Crippen molar-refractivity contribution >= 4 is 23.1 Å². The molecule has 30 heavy (non-hydrogen) atoms. The fraction of sp³-hybridized carbons (Fsp3) is 0.318. The molecule has 0 aliphatic carbocycles. The molecule has 1 fully saturated rings. The number of halogens is 1. The molecule has 0 saturated carbocycles. The summed E-state index contributed by atoms with van der Waals surface area (Å²) in [7, 11) is 0. The molecule has 0 unspecified atom stereocenters. The Morgan fingerprint density at radius 2 is 1.93 bits per heavy atom. The Hall–Kier alpha value is -2.74. The lowest BCUT2D eigenvalue weighted by Crippen LogP contribution is -2.43. The first-order chi connectivity index (χ1) is 14.8. The van der Waals surface area contributed by atoms with Gasteiger partial charge >= 0.3 is 0 Å². The predicted octanol–water partition coefficient (Wildman–Crippen LogP) is 3.61. The van der Waals surface area contributed by atoms with Crippen LogP contribution in [0.4, 0.5) is 11.5 Å². The molecular formula is C22H25ClN6O. The van der Waals surface area contributed by atoms with E-state index in [0.717, 1.165) is 61.8 Å². The molecule has 1 aliphatic rings. The first-order valence-corrected chi connectivity index (χ1v) is 10.5. The Morgan fingerprint density at radius 1 is 1.07 bits per heavy atom. The number of hydrogen-bond donors (Lipinski definition) is 2. The summed E-state index contributed by atoms with van der Waals surface area (Å²) in [5, 5.41) is 7.26. The molecule has 4 rings (SSSR count). The minimum Gasteiger partial charge on any atom is -0.492 e. The number of piperazine rings is 1. The molecule has 3 heterocycles. The van der Waals surface area contributed by atoms with Crippen LogP contribution in [0.2, 0.25) is 5.02 Å². The van der Waals surface area contributed by atoms with Gasteiger partial charge in [0, 0.05) is 55.2 Å². The fourth-order valence-electron chi connectivity index (χ4n) is 3.33. The summed E-state index contributed by atoms with van der Waals surface area (Å²) in [5.74, 6) is 1.37. The maximum Gasteiger partial charge on any atom is 0.149 e. The molecule has 0 amide bonds. The van der Waals surface area contributed by atoms with Gasteiger partial charge in [-0.05, 0) is 30.7 Å². The topological polar surface area (TPSA) is 75.2 Å². The second kappa shape index (κ2) is 10.3. The van der Waals surface area contributed by atoms with Gasteiger partial charge in [-0.25, -0.2) is 4.98 Å². The summed E-state index contributed by atoms with van der Waals surface area (Å²) in [4.78, 5) is 15.7. The van der Waals surface area contributed by atoms with Crippen molar-refractivity contribution in [1.29, 1.82) is 0 Å². The smallest absolute Gasteiger partial charge is 0.149 e. The largest absolute Gasteiger partial charge is 0.492 e. The predicted molar refractivity (Wildman–Crippen MR) is 119 cm³/mol. The first kappa shape index (κ1) is 20.5. The average molecular weight is 425 g/mol. The molecule has 8 heteroatoms. The fourth-order valence-corrected chi connectivity index (χ4v) is 3.52. The Bertz CT molecular complexity index is 964. The molecule has 0 atom stereocenters. The van der Waals surface area contributed by atoms with Gasteiger partial charge in [-0.3, -0.25) is 9.97 Å². The summed E-state index contributed by atoms with van der Waals surface area (Å²) >= 11 is 6.05. The average Bonchev–Trinajstić information content (AvgIpc) is 2.78. The number of pyridine rings is 1. The van der Waals surface area contributed by atoms with Gasteiger partial charge in [0.2, 0.25) is 0 Å². The van der Waals surface area contributed by atoms with Crippen LogP contribution >= 0.6 is 11.6 Å². The lowest BCUT2D eigenvalue weighted by Gasteiger charge is -2.26. The van der Waals surface area contributed by atoms with Crippen molar-refractivity contribution in [2.45, 2.75) is 6.42 Å². The van der Waals surface area contributed by atoms with E-state index in [9.17, 15) is 0 Å². The highest BCUT2D eigenvalue weighted by Crippen LogP contribution is 2.23. The van der Waals surface area contributed by atoms with Crippen molar-refractivity contribution in [2.75, 3.05) is 44.6 Å². The van der Waals surface area contributed by atoms with E-state index in [1.165, 1.54) is 0 Å². The number of aromatic nitrogens is 3. The zero-order chi connectivity index (χ0) is 20.6. The summed E-state index contributed by atoms with van der Waals surface area (Å²) in [6.07, 6.45) is 7.88. The standard InChI is InChI=1S/C22H25ClN6O/c23-18-3-1-4-19(12-18)27-22-16-26-15-21(28-22)17-11-20(14-25-13-17)30-10-2-7-29-8-5-24-6-9-29/h1,3-4,11-16,24H,2,5-10H2,(H,27,28). The SMILES string of the molecule is Clc1cccc(Nc2cncc(-c3cncc(OCCCN4CCNCC4)c3)n2)c1. The molecule has 1 aliphatic heterocycles. The van der Waals surface area contributed by atoms with E-state index in [0.29, 0.717) is 17.4 Å². The molecule has 0 spiro atoms. The highest BCUT2D eigenvalue weighted by Gasteiger charge is 2.09. The van der Waals surface area contributed by atoms with Gasteiger partial charge in [0.1, 0.15) is 11.6 Å². The number of nitrogens with one attached hydrogen (secondary N) is 2. The highest BCUT2D eigenvalue weighted by molar-refractivity contribution is 6.30. The van der Waals surface area contributed by atoms with E-state index in [1.807, 2.05) is 30.3 Å². The van der Waals surface area contributed by atoms with Crippen molar-refractivity contribution in [2.24, 2.45) is 0 Å². The van der Waals surface area contributed by atoms with Gasteiger partial charge in [0.05, 0.1) is 30.9 Å². The monoisotopic (exact) mass is 424 g/mol. The third-order valence-corrected chi connectivity index (χ3v) is 5.07. The van der Waals surface area contributed by atoms with Gasteiger partial charge in [0.15, 0.2) is 0 Å². The lowest BCUT2D eigenvalue weighted by molar-refractivity contribution is 0.213. The zero-order valence-electron chi connectivity index (χ0n) is 16.7. The van der Waals surface area contributed by atoms with Gasteiger partial charge < -0.3 is 20.3 Å². The van der Waals surface area contributed by atoms with Crippen molar-refractivity contribution in [3.8, 4) is 17.0 Å². The highest BCUT2D eigenvalue weighted by atomic mass is 35.5. The maximum atomic E-state index is 6.05. The molecule has 2 N–H and O–H groups in total. The third kappa shape index (κ3) is 5.89. The Kier molecular flexibility index (Phi) is 7.07. The summed E-state index contributed by atoms with van der Waals surface area (Å²) in [5.41, 5.74) is 2.44. The van der Waals surface area contributed by atoms with E-state index < -0.39 is 0 Å². The van der Waals surface area contributed by atoms with Crippen molar-refractivity contribution in [3.05, 3.63) is 60.1 Å². The van der Waals surface area contributed by atoms with Crippen molar-refractivity contribution in [3.63, 3.8) is 0 Å². The normalized spacial score (nSPS) is 14.4. The summed E-state index contributed by atoms with van der Waals surface area (Å²) in [6.45, 7) is 6.07. The minimum atomic E-state index is 0.636. The molecule has 0 bridgehead atoms.